The lowest BCUT2D eigenvalue weighted by atomic mass is 10.0. The van der Waals surface area contributed by atoms with Crippen molar-refractivity contribution in [3.8, 4) is 0 Å². The first-order valence-electron chi connectivity index (χ1n) is 8.39. The zero-order chi connectivity index (χ0) is 17.2. The molecule has 0 spiro atoms. The molecule has 1 heterocycles. The van der Waals surface area contributed by atoms with Crippen molar-refractivity contribution in [1.82, 2.24) is 5.32 Å². The summed E-state index contributed by atoms with van der Waals surface area (Å²) in [5.41, 5.74) is 1.19. The Kier molecular flexibility index (Phi) is 4.90. The SMILES string of the molecule is C[C@@H](Cc1ccc2ccccc2c1)NC(=O)C[C@@H]1CCS(=O)(=O)C1. The van der Waals surface area contributed by atoms with Crippen molar-refractivity contribution in [3.63, 3.8) is 0 Å². The van der Waals surface area contributed by atoms with Crippen LogP contribution < -0.4 is 5.32 Å². The standard InChI is InChI=1S/C19H23NO3S/c1-14(20-19(21)12-16-8-9-24(22,23)13-16)10-15-6-7-17-4-2-3-5-18(17)11-15/h2-7,11,14,16H,8-10,12-13H2,1H3,(H,20,21)/t14-,16-/m0/s1. The molecule has 5 heteroatoms. The van der Waals surface area contributed by atoms with Crippen LogP contribution >= 0.6 is 0 Å². The van der Waals surface area contributed by atoms with Gasteiger partial charge in [-0.05, 0) is 42.0 Å². The molecule has 0 bridgehead atoms. The van der Waals surface area contributed by atoms with E-state index in [2.05, 4.69) is 35.6 Å². The molecule has 1 aliphatic heterocycles. The van der Waals surface area contributed by atoms with Crippen LogP contribution in [0.4, 0.5) is 0 Å². The zero-order valence-corrected chi connectivity index (χ0v) is 14.7. The lowest BCUT2D eigenvalue weighted by Crippen LogP contribution is -2.35. The van der Waals surface area contributed by atoms with Gasteiger partial charge in [0.05, 0.1) is 11.5 Å². The molecule has 1 amide bonds. The molecule has 1 fully saturated rings. The molecule has 2 aromatic carbocycles. The Bertz CT molecular complexity index is 845. The second kappa shape index (κ2) is 6.93. The van der Waals surface area contributed by atoms with Gasteiger partial charge in [0.15, 0.2) is 9.84 Å². The maximum atomic E-state index is 12.1. The summed E-state index contributed by atoms with van der Waals surface area (Å²) in [7, 11) is -2.92. The van der Waals surface area contributed by atoms with Gasteiger partial charge in [0.2, 0.25) is 5.91 Å². The number of carbonyl (C=O) groups is 1. The Morgan fingerprint density at radius 2 is 1.96 bits per heavy atom. The molecule has 1 N–H and O–H groups in total. The quantitative estimate of drug-likeness (QED) is 0.906. The van der Waals surface area contributed by atoms with Gasteiger partial charge in [-0.25, -0.2) is 8.42 Å². The highest BCUT2D eigenvalue weighted by molar-refractivity contribution is 7.91. The van der Waals surface area contributed by atoms with Crippen molar-refractivity contribution in [3.05, 3.63) is 48.0 Å². The third-order valence-electron chi connectivity index (χ3n) is 4.56. The molecular weight excluding hydrogens is 322 g/mol. The van der Waals surface area contributed by atoms with Gasteiger partial charge in [0, 0.05) is 12.5 Å². The largest absolute Gasteiger partial charge is 0.353 e. The molecule has 0 unspecified atom stereocenters. The van der Waals surface area contributed by atoms with E-state index in [1.807, 2.05) is 19.1 Å². The summed E-state index contributed by atoms with van der Waals surface area (Å²) in [5, 5.41) is 5.40. The molecular formula is C19H23NO3S. The van der Waals surface area contributed by atoms with Gasteiger partial charge in [-0.1, -0.05) is 42.5 Å². The van der Waals surface area contributed by atoms with Gasteiger partial charge in [0.1, 0.15) is 0 Å². The molecule has 1 aliphatic rings. The normalized spacial score (nSPS) is 20.8. The van der Waals surface area contributed by atoms with E-state index in [4.69, 9.17) is 0 Å². The van der Waals surface area contributed by atoms with Crippen LogP contribution in [0.2, 0.25) is 0 Å². The summed E-state index contributed by atoms with van der Waals surface area (Å²) < 4.78 is 22.9. The Morgan fingerprint density at radius 3 is 2.67 bits per heavy atom. The third kappa shape index (κ3) is 4.35. The van der Waals surface area contributed by atoms with Gasteiger partial charge < -0.3 is 5.32 Å². The number of carbonyl (C=O) groups excluding carboxylic acids is 1. The molecule has 0 aliphatic carbocycles. The maximum absolute atomic E-state index is 12.1. The molecule has 24 heavy (non-hydrogen) atoms. The molecule has 0 saturated carbocycles. The van der Waals surface area contributed by atoms with Crippen molar-refractivity contribution in [2.75, 3.05) is 11.5 Å². The predicted molar refractivity (Wildman–Crippen MR) is 96.6 cm³/mol. The minimum absolute atomic E-state index is 0.0247. The van der Waals surface area contributed by atoms with Crippen LogP contribution in [-0.4, -0.2) is 31.9 Å². The van der Waals surface area contributed by atoms with E-state index in [-0.39, 0.29) is 29.4 Å². The van der Waals surface area contributed by atoms with E-state index >= 15 is 0 Å². The van der Waals surface area contributed by atoms with Crippen LogP contribution in [0, 0.1) is 5.92 Å². The van der Waals surface area contributed by atoms with Gasteiger partial charge in [0.25, 0.3) is 0 Å². The number of hydrogen-bond acceptors (Lipinski definition) is 3. The first kappa shape index (κ1) is 17.0. The maximum Gasteiger partial charge on any atom is 0.220 e. The van der Waals surface area contributed by atoms with Crippen LogP contribution in [0.25, 0.3) is 10.8 Å². The molecule has 128 valence electrons. The lowest BCUT2D eigenvalue weighted by molar-refractivity contribution is -0.122. The van der Waals surface area contributed by atoms with Gasteiger partial charge in [-0.3, -0.25) is 4.79 Å². The van der Waals surface area contributed by atoms with Crippen molar-refractivity contribution >= 4 is 26.5 Å². The van der Waals surface area contributed by atoms with E-state index < -0.39 is 9.84 Å². The fourth-order valence-corrected chi connectivity index (χ4v) is 5.26. The monoisotopic (exact) mass is 345 g/mol. The molecule has 2 aromatic rings. The van der Waals surface area contributed by atoms with Crippen LogP contribution in [-0.2, 0) is 21.1 Å². The number of amides is 1. The summed E-state index contributed by atoms with van der Waals surface area (Å²) in [6.07, 6.45) is 1.68. The van der Waals surface area contributed by atoms with Crippen molar-refractivity contribution in [2.45, 2.75) is 32.2 Å². The van der Waals surface area contributed by atoms with Crippen LogP contribution in [0.5, 0.6) is 0 Å². The average molecular weight is 345 g/mol. The number of hydrogen-bond donors (Lipinski definition) is 1. The Morgan fingerprint density at radius 1 is 1.21 bits per heavy atom. The lowest BCUT2D eigenvalue weighted by Gasteiger charge is -2.16. The number of benzene rings is 2. The van der Waals surface area contributed by atoms with Crippen LogP contribution in [0.1, 0.15) is 25.3 Å². The molecule has 0 aromatic heterocycles. The summed E-state index contributed by atoms with van der Waals surface area (Å²) in [4.78, 5) is 12.1. The highest BCUT2D eigenvalue weighted by Gasteiger charge is 2.29. The number of sulfone groups is 1. The van der Waals surface area contributed by atoms with Gasteiger partial charge in [-0.2, -0.15) is 0 Å². The molecule has 3 rings (SSSR count). The van der Waals surface area contributed by atoms with Crippen LogP contribution in [0.3, 0.4) is 0 Å². The zero-order valence-electron chi connectivity index (χ0n) is 13.9. The summed E-state index contributed by atoms with van der Waals surface area (Å²) >= 11 is 0. The predicted octanol–water partition coefficient (Wildman–Crippen LogP) is 2.71. The first-order valence-corrected chi connectivity index (χ1v) is 10.2. The summed E-state index contributed by atoms with van der Waals surface area (Å²) in [6.45, 7) is 1.98. The van der Waals surface area contributed by atoms with Crippen molar-refractivity contribution < 1.29 is 13.2 Å². The highest BCUT2D eigenvalue weighted by Crippen LogP contribution is 2.21. The number of rotatable bonds is 5. The first-order chi connectivity index (χ1) is 11.4. The fraction of sp³-hybridized carbons (Fsp3) is 0.421. The van der Waals surface area contributed by atoms with E-state index in [1.165, 1.54) is 16.3 Å². The molecule has 2 atom stereocenters. The third-order valence-corrected chi connectivity index (χ3v) is 6.40. The fourth-order valence-electron chi connectivity index (χ4n) is 3.40. The minimum Gasteiger partial charge on any atom is -0.353 e. The summed E-state index contributed by atoms with van der Waals surface area (Å²) in [6, 6.07) is 14.6. The van der Waals surface area contributed by atoms with Crippen molar-refractivity contribution in [1.29, 1.82) is 0 Å². The average Bonchev–Trinajstić information content (AvgIpc) is 2.85. The van der Waals surface area contributed by atoms with E-state index in [1.54, 1.807) is 0 Å². The number of fused-ring (bicyclic) bond motifs is 1. The van der Waals surface area contributed by atoms with Crippen LogP contribution in [0.15, 0.2) is 42.5 Å². The number of nitrogens with one attached hydrogen (secondary N) is 1. The second-order valence-corrected chi connectivity index (χ2v) is 9.06. The second-order valence-electron chi connectivity index (χ2n) is 6.83. The summed E-state index contributed by atoms with van der Waals surface area (Å²) in [5.74, 6) is 0.296. The van der Waals surface area contributed by atoms with Gasteiger partial charge in [-0.15, -0.1) is 0 Å². The smallest absolute Gasteiger partial charge is 0.220 e. The molecule has 0 radical (unpaired) electrons. The molecule has 1 saturated heterocycles. The topological polar surface area (TPSA) is 63.2 Å². The molecule has 4 nitrogen and oxygen atoms in total. The highest BCUT2D eigenvalue weighted by atomic mass is 32.2. The van der Waals surface area contributed by atoms with Crippen molar-refractivity contribution in [2.24, 2.45) is 5.92 Å². The van der Waals surface area contributed by atoms with E-state index in [0.29, 0.717) is 12.8 Å². The minimum atomic E-state index is -2.92. The Labute approximate surface area is 143 Å². The Balaban J connectivity index is 1.54. The van der Waals surface area contributed by atoms with E-state index in [9.17, 15) is 13.2 Å². The Hall–Kier alpha value is -1.88. The van der Waals surface area contributed by atoms with Gasteiger partial charge >= 0.3 is 0 Å². The van der Waals surface area contributed by atoms with E-state index in [0.717, 1.165) is 6.42 Å².